The maximum absolute atomic E-state index is 13.6. The third-order valence-corrected chi connectivity index (χ3v) is 8.21. The highest BCUT2D eigenvalue weighted by atomic mass is 19.4. The van der Waals surface area contributed by atoms with Crippen LogP contribution < -0.4 is 4.90 Å². The van der Waals surface area contributed by atoms with Gasteiger partial charge in [-0.3, -0.25) is 9.59 Å². The Morgan fingerprint density at radius 3 is 2.34 bits per heavy atom. The van der Waals surface area contributed by atoms with E-state index < -0.39 is 22.7 Å². The van der Waals surface area contributed by atoms with Gasteiger partial charge in [-0.15, -0.1) is 0 Å². The molecule has 190 valence electrons. The maximum Gasteiger partial charge on any atom is 0.417 e. The summed E-state index contributed by atoms with van der Waals surface area (Å²) < 4.78 is 40.7. The molecule has 9 heteroatoms. The van der Waals surface area contributed by atoms with Crippen LogP contribution in [0.4, 0.5) is 18.9 Å². The van der Waals surface area contributed by atoms with E-state index in [-0.39, 0.29) is 23.7 Å². The van der Waals surface area contributed by atoms with Crippen LogP contribution in [-0.4, -0.2) is 61.9 Å². The van der Waals surface area contributed by atoms with E-state index in [1.165, 1.54) is 18.6 Å². The van der Waals surface area contributed by atoms with Gasteiger partial charge in [0.25, 0.3) is 0 Å². The van der Waals surface area contributed by atoms with Crippen molar-refractivity contribution in [2.75, 3.05) is 45.2 Å². The number of halogens is 3. The van der Waals surface area contributed by atoms with Crippen LogP contribution in [0.2, 0.25) is 0 Å². The average molecular weight is 491 g/mol. The van der Waals surface area contributed by atoms with Crippen molar-refractivity contribution in [3.05, 3.63) is 29.3 Å². The smallest absolute Gasteiger partial charge is 0.370 e. The van der Waals surface area contributed by atoms with Crippen molar-refractivity contribution in [2.24, 2.45) is 17.3 Å². The van der Waals surface area contributed by atoms with Crippen LogP contribution in [-0.2, 0) is 15.8 Å². The number of alkyl halides is 3. The van der Waals surface area contributed by atoms with Gasteiger partial charge < -0.3 is 14.7 Å². The van der Waals surface area contributed by atoms with Crippen LogP contribution in [0, 0.1) is 28.6 Å². The number of hydrogen-bond acceptors (Lipinski definition) is 4. The Labute approximate surface area is 204 Å². The third kappa shape index (κ3) is 4.98. The van der Waals surface area contributed by atoms with Gasteiger partial charge in [0.1, 0.15) is 0 Å². The summed E-state index contributed by atoms with van der Waals surface area (Å²) in [5.41, 5.74) is -1.41. The van der Waals surface area contributed by atoms with E-state index in [0.717, 1.165) is 31.7 Å². The van der Waals surface area contributed by atoms with Gasteiger partial charge in [0.05, 0.1) is 23.1 Å². The molecule has 1 spiro atoms. The second-order valence-electron chi connectivity index (χ2n) is 10.5. The van der Waals surface area contributed by atoms with Gasteiger partial charge in [-0.25, -0.2) is 0 Å². The lowest BCUT2D eigenvalue weighted by atomic mass is 9.70. The summed E-state index contributed by atoms with van der Waals surface area (Å²) in [5.74, 6) is -0.0954. The van der Waals surface area contributed by atoms with E-state index >= 15 is 0 Å². The van der Waals surface area contributed by atoms with Crippen LogP contribution >= 0.6 is 0 Å². The normalized spacial score (nSPS) is 22.8. The van der Waals surface area contributed by atoms with Crippen molar-refractivity contribution < 1.29 is 22.8 Å². The number of anilines is 1. The number of piperidine rings is 1. The Kier molecular flexibility index (Phi) is 7.03. The van der Waals surface area contributed by atoms with Crippen LogP contribution in [0.3, 0.4) is 0 Å². The molecular formula is C26H33F3N4O2. The van der Waals surface area contributed by atoms with Gasteiger partial charge in [0.15, 0.2) is 0 Å². The van der Waals surface area contributed by atoms with Crippen LogP contribution in [0.5, 0.6) is 0 Å². The fourth-order valence-corrected chi connectivity index (χ4v) is 6.16. The Morgan fingerprint density at radius 2 is 1.77 bits per heavy atom. The van der Waals surface area contributed by atoms with Gasteiger partial charge in [0, 0.05) is 57.3 Å². The molecule has 0 aromatic heterocycles. The second kappa shape index (κ2) is 9.71. The molecular weight excluding hydrogens is 457 g/mol. The molecule has 4 rings (SSSR count). The summed E-state index contributed by atoms with van der Waals surface area (Å²) in [4.78, 5) is 31.6. The number of carbonyl (C=O) groups is 2. The maximum atomic E-state index is 13.6. The molecule has 1 aromatic carbocycles. The molecule has 1 aromatic rings. The van der Waals surface area contributed by atoms with Gasteiger partial charge in [0.2, 0.25) is 11.8 Å². The van der Waals surface area contributed by atoms with Crippen LogP contribution in [0.15, 0.2) is 18.2 Å². The summed E-state index contributed by atoms with van der Waals surface area (Å²) in [7, 11) is 3.40. The van der Waals surface area contributed by atoms with Crippen molar-refractivity contribution in [3.63, 3.8) is 0 Å². The number of carbonyl (C=O) groups excluding carboxylic acids is 2. The van der Waals surface area contributed by atoms with Gasteiger partial charge >= 0.3 is 6.18 Å². The number of amides is 2. The number of nitrogens with zero attached hydrogens (tertiary/aromatic N) is 4. The Morgan fingerprint density at radius 1 is 1.11 bits per heavy atom. The molecule has 1 saturated carbocycles. The molecule has 3 fully saturated rings. The minimum Gasteiger partial charge on any atom is -0.370 e. The lowest BCUT2D eigenvalue weighted by Crippen LogP contribution is -2.50. The highest BCUT2D eigenvalue weighted by Gasteiger charge is 2.52. The number of rotatable bonds is 3. The standard InChI is InChI=1S/C26H33F3N4O2/c1-31(2)24(35)22-16-33(20-9-8-19(15-30)21(14-20)26(27,28)29)17-25(22)10-12-32(13-11-25)23(34)18-6-4-3-5-7-18/h8-9,14,18,22H,3-7,10-13,16-17H2,1-2H3. The number of benzene rings is 1. The lowest BCUT2D eigenvalue weighted by molar-refractivity contribution is -0.142. The minimum absolute atomic E-state index is 0.0377. The zero-order valence-corrected chi connectivity index (χ0v) is 20.4. The molecule has 0 bridgehead atoms. The second-order valence-corrected chi connectivity index (χ2v) is 10.5. The first-order valence-electron chi connectivity index (χ1n) is 12.4. The number of hydrogen-bond donors (Lipinski definition) is 0. The summed E-state index contributed by atoms with van der Waals surface area (Å²) in [6, 6.07) is 5.39. The van der Waals surface area contributed by atoms with E-state index in [1.807, 2.05) is 9.80 Å². The minimum atomic E-state index is -4.64. The topological polar surface area (TPSA) is 67.7 Å². The fraction of sp³-hybridized carbons (Fsp3) is 0.654. The molecule has 2 heterocycles. The first-order chi connectivity index (χ1) is 16.6. The van der Waals surface area contributed by atoms with Crippen LogP contribution in [0.25, 0.3) is 0 Å². The summed E-state index contributed by atoms with van der Waals surface area (Å²) >= 11 is 0. The summed E-state index contributed by atoms with van der Waals surface area (Å²) in [5, 5.41) is 9.13. The molecule has 1 atom stereocenters. The number of likely N-dealkylation sites (tertiary alicyclic amines) is 1. The average Bonchev–Trinajstić information content (AvgIpc) is 3.21. The third-order valence-electron chi connectivity index (χ3n) is 8.21. The van der Waals surface area contributed by atoms with Crippen molar-refractivity contribution >= 4 is 17.5 Å². The summed E-state index contributed by atoms with van der Waals surface area (Å²) in [6.07, 6.45) is 1.90. The lowest BCUT2D eigenvalue weighted by Gasteiger charge is -2.43. The largest absolute Gasteiger partial charge is 0.417 e. The van der Waals surface area contributed by atoms with Gasteiger partial charge in [-0.05, 0) is 43.9 Å². The molecule has 0 radical (unpaired) electrons. The molecule has 35 heavy (non-hydrogen) atoms. The quantitative estimate of drug-likeness (QED) is 0.634. The van der Waals surface area contributed by atoms with Crippen LogP contribution in [0.1, 0.15) is 56.1 Å². The van der Waals surface area contributed by atoms with E-state index in [9.17, 15) is 22.8 Å². The summed E-state index contributed by atoms with van der Waals surface area (Å²) in [6.45, 7) is 1.91. The molecule has 0 N–H and O–H groups in total. The van der Waals surface area contributed by atoms with E-state index in [2.05, 4.69) is 0 Å². The highest BCUT2D eigenvalue weighted by Crippen LogP contribution is 2.47. The monoisotopic (exact) mass is 490 g/mol. The molecule has 6 nitrogen and oxygen atoms in total. The Balaban J connectivity index is 1.56. The Bertz CT molecular complexity index is 1000. The van der Waals surface area contributed by atoms with E-state index in [4.69, 9.17) is 5.26 Å². The van der Waals surface area contributed by atoms with E-state index in [1.54, 1.807) is 25.1 Å². The number of nitriles is 1. The van der Waals surface area contributed by atoms with E-state index in [0.29, 0.717) is 44.7 Å². The highest BCUT2D eigenvalue weighted by molar-refractivity contribution is 5.82. The first kappa shape index (κ1) is 25.3. The molecule has 3 aliphatic rings. The van der Waals surface area contributed by atoms with Crippen molar-refractivity contribution in [2.45, 2.75) is 51.1 Å². The first-order valence-corrected chi connectivity index (χ1v) is 12.4. The van der Waals surface area contributed by atoms with Crippen molar-refractivity contribution in [1.29, 1.82) is 5.26 Å². The molecule has 2 saturated heterocycles. The zero-order chi connectivity index (χ0) is 25.4. The SMILES string of the molecule is CN(C)C(=O)C1CN(c2ccc(C#N)c(C(F)(F)F)c2)CC12CCN(C(=O)C1CCCCC1)CC2. The zero-order valence-electron chi connectivity index (χ0n) is 20.4. The van der Waals surface area contributed by atoms with Gasteiger partial charge in [-0.2, -0.15) is 18.4 Å². The molecule has 2 amide bonds. The fourth-order valence-electron chi connectivity index (χ4n) is 6.16. The molecule has 2 aliphatic heterocycles. The molecule has 1 unspecified atom stereocenters. The molecule has 1 aliphatic carbocycles. The van der Waals surface area contributed by atoms with Gasteiger partial charge in [-0.1, -0.05) is 19.3 Å². The predicted octanol–water partition coefficient (Wildman–Crippen LogP) is 4.29. The van der Waals surface area contributed by atoms with Crippen molar-refractivity contribution in [3.8, 4) is 6.07 Å². The Hall–Kier alpha value is -2.76. The predicted molar refractivity (Wildman–Crippen MR) is 125 cm³/mol. The van der Waals surface area contributed by atoms with Crippen molar-refractivity contribution in [1.82, 2.24) is 9.80 Å².